The maximum Gasteiger partial charge on any atom is 0.245 e. The molecule has 2 heterocycles. The van der Waals surface area contributed by atoms with E-state index in [1.807, 2.05) is 18.2 Å². The summed E-state index contributed by atoms with van der Waals surface area (Å²) in [6.07, 6.45) is 3.90. The Kier molecular flexibility index (Phi) is 5.61. The monoisotopic (exact) mass is 414 g/mol. The highest BCUT2D eigenvalue weighted by atomic mass is 32.2. The van der Waals surface area contributed by atoms with E-state index in [2.05, 4.69) is 0 Å². The molecule has 1 amide bonds. The van der Waals surface area contributed by atoms with E-state index in [9.17, 15) is 13.2 Å². The molecule has 7 heteroatoms. The number of carbonyl (C=O) groups excluding carboxylic acids is 1. The molecule has 2 aromatic carbocycles. The topological polar surface area (TPSA) is 66.9 Å². The molecule has 0 aliphatic carbocycles. The molecule has 154 valence electrons. The number of ether oxygens (including phenoxy) is 1. The van der Waals surface area contributed by atoms with Crippen molar-refractivity contribution in [1.29, 1.82) is 0 Å². The number of carbonyl (C=O) groups is 1. The molecule has 2 aromatic rings. The number of sulfonamides is 1. The van der Waals surface area contributed by atoms with Crippen molar-refractivity contribution in [3.05, 3.63) is 54.1 Å². The zero-order valence-electron chi connectivity index (χ0n) is 16.6. The second-order valence-corrected chi connectivity index (χ2v) is 9.42. The van der Waals surface area contributed by atoms with Crippen LogP contribution in [0.25, 0.3) is 0 Å². The zero-order chi connectivity index (χ0) is 20.4. The van der Waals surface area contributed by atoms with E-state index in [0.717, 1.165) is 42.7 Å². The van der Waals surface area contributed by atoms with Gasteiger partial charge in [-0.3, -0.25) is 4.79 Å². The minimum Gasteiger partial charge on any atom is -0.497 e. The highest BCUT2D eigenvalue weighted by molar-refractivity contribution is 7.89. The SMILES string of the molecule is COc1ccc2c(c1)CCCN2C(=O)C1CCCCN1S(=O)(=O)c1ccccc1. The predicted molar refractivity (Wildman–Crippen MR) is 112 cm³/mol. The first-order chi connectivity index (χ1) is 14.0. The van der Waals surface area contributed by atoms with E-state index >= 15 is 0 Å². The van der Waals surface area contributed by atoms with Gasteiger partial charge in [0.25, 0.3) is 0 Å². The number of methoxy groups -OCH3 is 1. The van der Waals surface area contributed by atoms with Gasteiger partial charge in [-0.2, -0.15) is 4.31 Å². The van der Waals surface area contributed by atoms with E-state index in [-0.39, 0.29) is 10.8 Å². The molecule has 0 aromatic heterocycles. The van der Waals surface area contributed by atoms with Crippen LogP contribution in [0.1, 0.15) is 31.2 Å². The molecule has 4 rings (SSSR count). The van der Waals surface area contributed by atoms with E-state index in [1.165, 1.54) is 4.31 Å². The summed E-state index contributed by atoms with van der Waals surface area (Å²) < 4.78 is 33.2. The average molecular weight is 415 g/mol. The van der Waals surface area contributed by atoms with Gasteiger partial charge in [0.2, 0.25) is 15.9 Å². The highest BCUT2D eigenvalue weighted by Gasteiger charge is 2.40. The standard InChI is InChI=1S/C22H26N2O4S/c1-28-18-12-13-20-17(16-18)8-7-14-23(20)22(25)21-11-5-6-15-24(21)29(26,27)19-9-3-2-4-10-19/h2-4,9-10,12-13,16,21H,5-8,11,14-15H2,1H3. The molecule has 1 fully saturated rings. The van der Waals surface area contributed by atoms with E-state index < -0.39 is 16.1 Å². The summed E-state index contributed by atoms with van der Waals surface area (Å²) in [6.45, 7) is 0.977. The summed E-state index contributed by atoms with van der Waals surface area (Å²) >= 11 is 0. The largest absolute Gasteiger partial charge is 0.497 e. The molecule has 29 heavy (non-hydrogen) atoms. The lowest BCUT2D eigenvalue weighted by atomic mass is 9.98. The number of piperidine rings is 1. The number of amides is 1. The number of hydrogen-bond acceptors (Lipinski definition) is 4. The maximum atomic E-state index is 13.5. The molecular weight excluding hydrogens is 388 g/mol. The molecular formula is C22H26N2O4S. The van der Waals surface area contributed by atoms with Crippen LogP contribution in [0.5, 0.6) is 5.75 Å². The van der Waals surface area contributed by atoms with Crippen molar-refractivity contribution in [2.24, 2.45) is 0 Å². The number of benzene rings is 2. The van der Waals surface area contributed by atoms with Gasteiger partial charge in [0.05, 0.1) is 12.0 Å². The predicted octanol–water partition coefficient (Wildman–Crippen LogP) is 3.22. The second kappa shape index (κ2) is 8.16. The van der Waals surface area contributed by atoms with Crippen molar-refractivity contribution >= 4 is 21.6 Å². The Hall–Kier alpha value is -2.38. The lowest BCUT2D eigenvalue weighted by Gasteiger charge is -2.38. The van der Waals surface area contributed by atoms with Gasteiger partial charge in [-0.05, 0) is 61.6 Å². The van der Waals surface area contributed by atoms with Gasteiger partial charge < -0.3 is 9.64 Å². The van der Waals surface area contributed by atoms with Gasteiger partial charge >= 0.3 is 0 Å². The van der Waals surface area contributed by atoms with Gasteiger partial charge in [-0.25, -0.2) is 8.42 Å². The van der Waals surface area contributed by atoms with E-state index in [4.69, 9.17) is 4.74 Å². The molecule has 0 saturated carbocycles. The van der Waals surface area contributed by atoms with Gasteiger partial charge in [-0.1, -0.05) is 24.6 Å². The molecule has 1 atom stereocenters. The van der Waals surface area contributed by atoms with Crippen molar-refractivity contribution in [1.82, 2.24) is 4.31 Å². The lowest BCUT2D eigenvalue weighted by Crippen LogP contribution is -2.54. The van der Waals surface area contributed by atoms with Crippen LogP contribution in [0.15, 0.2) is 53.4 Å². The fourth-order valence-corrected chi connectivity index (χ4v) is 5.95. The number of nitrogens with zero attached hydrogens (tertiary/aromatic N) is 2. The summed E-state index contributed by atoms with van der Waals surface area (Å²) in [5.74, 6) is 0.638. The summed E-state index contributed by atoms with van der Waals surface area (Å²) in [4.78, 5) is 15.6. The number of hydrogen-bond donors (Lipinski definition) is 0. The first-order valence-corrected chi connectivity index (χ1v) is 11.5. The first kappa shape index (κ1) is 19.9. The van der Waals surface area contributed by atoms with Crippen LogP contribution in [0.4, 0.5) is 5.69 Å². The molecule has 0 radical (unpaired) electrons. The number of aryl methyl sites for hydroxylation is 1. The van der Waals surface area contributed by atoms with Crippen LogP contribution < -0.4 is 9.64 Å². The third kappa shape index (κ3) is 3.76. The van der Waals surface area contributed by atoms with E-state index in [0.29, 0.717) is 19.5 Å². The van der Waals surface area contributed by atoms with E-state index in [1.54, 1.807) is 42.3 Å². The Labute approximate surface area is 172 Å². The van der Waals surface area contributed by atoms with Crippen molar-refractivity contribution in [2.45, 2.75) is 43.0 Å². The Morgan fingerprint density at radius 3 is 2.59 bits per heavy atom. The summed E-state index contributed by atoms with van der Waals surface area (Å²) in [6, 6.07) is 13.5. The second-order valence-electron chi connectivity index (χ2n) is 7.53. The minimum absolute atomic E-state index is 0.129. The number of rotatable bonds is 4. The lowest BCUT2D eigenvalue weighted by molar-refractivity contribution is -0.123. The Balaban J connectivity index is 1.66. The highest BCUT2D eigenvalue weighted by Crippen LogP contribution is 2.33. The van der Waals surface area contributed by atoms with Crippen molar-refractivity contribution < 1.29 is 17.9 Å². The normalized spacial score (nSPS) is 20.2. The fraction of sp³-hybridized carbons (Fsp3) is 0.409. The first-order valence-electron chi connectivity index (χ1n) is 10.1. The van der Waals surface area contributed by atoms with Crippen LogP contribution in [-0.2, 0) is 21.2 Å². The molecule has 0 bridgehead atoms. The third-order valence-corrected chi connectivity index (χ3v) is 7.68. The van der Waals surface area contributed by atoms with Crippen molar-refractivity contribution in [2.75, 3.05) is 25.1 Å². The van der Waals surface area contributed by atoms with Crippen LogP contribution in [0, 0.1) is 0 Å². The Morgan fingerprint density at radius 2 is 1.83 bits per heavy atom. The molecule has 1 saturated heterocycles. The number of fused-ring (bicyclic) bond motifs is 1. The Morgan fingerprint density at radius 1 is 1.03 bits per heavy atom. The summed E-state index contributed by atoms with van der Waals surface area (Å²) in [5.41, 5.74) is 1.93. The van der Waals surface area contributed by atoms with Crippen LogP contribution in [-0.4, -0.2) is 44.9 Å². The molecule has 6 nitrogen and oxygen atoms in total. The maximum absolute atomic E-state index is 13.5. The van der Waals surface area contributed by atoms with Gasteiger partial charge in [0.1, 0.15) is 11.8 Å². The minimum atomic E-state index is -3.72. The quantitative estimate of drug-likeness (QED) is 0.771. The summed E-state index contributed by atoms with van der Waals surface area (Å²) in [5, 5.41) is 0. The molecule has 0 N–H and O–H groups in total. The van der Waals surface area contributed by atoms with Crippen LogP contribution >= 0.6 is 0 Å². The zero-order valence-corrected chi connectivity index (χ0v) is 17.4. The number of anilines is 1. The third-order valence-electron chi connectivity index (χ3n) is 5.76. The van der Waals surface area contributed by atoms with Crippen molar-refractivity contribution in [3.8, 4) is 5.75 Å². The summed E-state index contributed by atoms with van der Waals surface area (Å²) in [7, 11) is -2.09. The molecule has 1 unspecified atom stereocenters. The van der Waals surface area contributed by atoms with Crippen LogP contribution in [0.2, 0.25) is 0 Å². The van der Waals surface area contributed by atoms with Crippen molar-refractivity contribution in [3.63, 3.8) is 0 Å². The van der Waals surface area contributed by atoms with Gasteiger partial charge in [-0.15, -0.1) is 0 Å². The van der Waals surface area contributed by atoms with Gasteiger partial charge in [0, 0.05) is 18.8 Å². The van der Waals surface area contributed by atoms with Gasteiger partial charge in [0.15, 0.2) is 0 Å². The fourth-order valence-electron chi connectivity index (χ4n) is 4.28. The molecule has 2 aliphatic heterocycles. The molecule has 2 aliphatic rings. The van der Waals surface area contributed by atoms with Crippen LogP contribution in [0.3, 0.4) is 0 Å². The smallest absolute Gasteiger partial charge is 0.245 e. The molecule has 0 spiro atoms. The Bertz CT molecular complexity index is 991. The average Bonchev–Trinajstić information content (AvgIpc) is 2.78.